The van der Waals surface area contributed by atoms with Crippen molar-refractivity contribution in [3.63, 3.8) is 0 Å². The minimum Gasteiger partial charge on any atom is -0.381 e. The molecule has 0 fully saturated rings. The summed E-state index contributed by atoms with van der Waals surface area (Å²) in [5, 5.41) is 12.4. The van der Waals surface area contributed by atoms with Gasteiger partial charge in [0, 0.05) is 25.9 Å². The van der Waals surface area contributed by atoms with E-state index in [2.05, 4.69) is 16.2 Å². The van der Waals surface area contributed by atoms with Crippen LogP contribution in [-0.2, 0) is 17.6 Å². The third-order valence-corrected chi connectivity index (χ3v) is 2.15. The number of rotatable bonds is 7. The van der Waals surface area contributed by atoms with Crippen LogP contribution in [0.4, 0.5) is 0 Å². The van der Waals surface area contributed by atoms with E-state index in [9.17, 15) is 0 Å². The van der Waals surface area contributed by atoms with Gasteiger partial charge in [-0.15, -0.1) is 0 Å². The summed E-state index contributed by atoms with van der Waals surface area (Å²) >= 11 is 0. The Morgan fingerprint density at radius 2 is 2.38 bits per heavy atom. The first-order valence-corrected chi connectivity index (χ1v) is 5.52. The van der Waals surface area contributed by atoms with Crippen molar-refractivity contribution in [1.82, 2.24) is 10.1 Å². The minimum absolute atomic E-state index is 0.255. The molecule has 0 aromatic carbocycles. The molecule has 0 amide bonds. The van der Waals surface area contributed by atoms with E-state index < -0.39 is 0 Å². The van der Waals surface area contributed by atoms with Crippen molar-refractivity contribution >= 4 is 0 Å². The van der Waals surface area contributed by atoms with Crippen molar-refractivity contribution in [2.75, 3.05) is 13.2 Å². The van der Waals surface area contributed by atoms with Gasteiger partial charge in [-0.2, -0.15) is 10.2 Å². The molecule has 1 aromatic rings. The minimum atomic E-state index is 0.255. The maximum Gasteiger partial charge on any atom is 0.226 e. The van der Waals surface area contributed by atoms with Crippen LogP contribution in [0, 0.1) is 17.2 Å². The van der Waals surface area contributed by atoms with Gasteiger partial charge in [0.2, 0.25) is 5.89 Å². The molecule has 16 heavy (non-hydrogen) atoms. The number of hydrogen-bond acceptors (Lipinski definition) is 5. The topological polar surface area (TPSA) is 71.9 Å². The Morgan fingerprint density at radius 3 is 3.06 bits per heavy atom. The van der Waals surface area contributed by atoms with Crippen LogP contribution in [-0.4, -0.2) is 23.4 Å². The molecule has 0 spiro atoms. The normalized spacial score (nSPS) is 12.3. The molecular formula is C11H17N3O2. The van der Waals surface area contributed by atoms with Gasteiger partial charge in [0.1, 0.15) is 0 Å². The molecule has 0 saturated carbocycles. The first-order valence-electron chi connectivity index (χ1n) is 5.52. The van der Waals surface area contributed by atoms with Crippen molar-refractivity contribution in [3.8, 4) is 6.07 Å². The van der Waals surface area contributed by atoms with Gasteiger partial charge in [0.15, 0.2) is 5.82 Å². The van der Waals surface area contributed by atoms with Crippen LogP contribution >= 0.6 is 0 Å². The van der Waals surface area contributed by atoms with Gasteiger partial charge in [0.05, 0.1) is 12.7 Å². The lowest BCUT2D eigenvalue weighted by Crippen LogP contribution is -2.01. The molecule has 0 saturated heterocycles. The Balaban J connectivity index is 2.36. The average Bonchev–Trinajstić information content (AvgIpc) is 2.66. The second-order valence-electron chi connectivity index (χ2n) is 3.72. The molecule has 1 unspecified atom stereocenters. The second-order valence-corrected chi connectivity index (χ2v) is 3.72. The number of ether oxygens (including phenoxy) is 1. The highest BCUT2D eigenvalue weighted by Gasteiger charge is 2.10. The molecule has 1 aromatic heterocycles. The zero-order valence-electron chi connectivity index (χ0n) is 9.77. The van der Waals surface area contributed by atoms with Gasteiger partial charge in [-0.3, -0.25) is 0 Å². The Hall–Kier alpha value is -1.41. The van der Waals surface area contributed by atoms with E-state index in [1.165, 1.54) is 0 Å². The first kappa shape index (κ1) is 12.7. The highest BCUT2D eigenvalue weighted by Crippen LogP contribution is 2.09. The van der Waals surface area contributed by atoms with Crippen LogP contribution in [0.15, 0.2) is 4.52 Å². The van der Waals surface area contributed by atoms with Crippen LogP contribution < -0.4 is 0 Å². The predicted molar refractivity (Wildman–Crippen MR) is 57.6 cm³/mol. The molecular weight excluding hydrogens is 206 g/mol. The van der Waals surface area contributed by atoms with E-state index in [4.69, 9.17) is 14.5 Å². The standard InChI is InChI=1S/C11H17N3O2/c1-3-15-7-5-10-13-11(16-14-10)8-9(2)4-6-12/h9H,3-5,7-8H2,1-2H3. The summed E-state index contributed by atoms with van der Waals surface area (Å²) in [6.45, 7) is 5.26. The van der Waals surface area contributed by atoms with Gasteiger partial charge in [-0.05, 0) is 12.8 Å². The van der Waals surface area contributed by atoms with Crippen LogP contribution in [0.3, 0.4) is 0 Å². The van der Waals surface area contributed by atoms with Crippen LogP contribution in [0.1, 0.15) is 32.0 Å². The molecule has 0 bridgehead atoms. The Morgan fingerprint density at radius 1 is 1.56 bits per heavy atom. The summed E-state index contributed by atoms with van der Waals surface area (Å²) < 4.78 is 10.3. The number of nitrogens with zero attached hydrogens (tertiary/aromatic N) is 3. The van der Waals surface area contributed by atoms with Crippen molar-refractivity contribution in [3.05, 3.63) is 11.7 Å². The summed E-state index contributed by atoms with van der Waals surface area (Å²) in [4.78, 5) is 4.24. The van der Waals surface area contributed by atoms with Crippen LogP contribution in [0.5, 0.6) is 0 Å². The summed E-state index contributed by atoms with van der Waals surface area (Å²) in [7, 11) is 0. The van der Waals surface area contributed by atoms with E-state index in [0.717, 1.165) is 0 Å². The Kier molecular flexibility index (Phi) is 5.51. The molecule has 1 rings (SSSR count). The van der Waals surface area contributed by atoms with E-state index >= 15 is 0 Å². The molecule has 0 aliphatic rings. The quantitative estimate of drug-likeness (QED) is 0.658. The summed E-state index contributed by atoms with van der Waals surface area (Å²) in [6.07, 6.45) is 1.84. The number of aromatic nitrogens is 2. The molecule has 0 aliphatic heterocycles. The largest absolute Gasteiger partial charge is 0.381 e. The fourth-order valence-electron chi connectivity index (χ4n) is 1.31. The van der Waals surface area contributed by atoms with Gasteiger partial charge in [-0.25, -0.2) is 0 Å². The Bertz CT molecular complexity index is 343. The van der Waals surface area contributed by atoms with Gasteiger partial charge in [-0.1, -0.05) is 12.1 Å². The third kappa shape index (κ3) is 4.41. The zero-order chi connectivity index (χ0) is 11.8. The van der Waals surface area contributed by atoms with Crippen molar-refractivity contribution in [2.45, 2.75) is 33.1 Å². The highest BCUT2D eigenvalue weighted by molar-refractivity contribution is 4.89. The lowest BCUT2D eigenvalue weighted by molar-refractivity contribution is 0.149. The molecule has 0 N–H and O–H groups in total. The summed E-state index contributed by atoms with van der Waals surface area (Å²) in [5.74, 6) is 1.53. The molecule has 1 atom stereocenters. The van der Waals surface area contributed by atoms with E-state index in [1.807, 2.05) is 13.8 Å². The molecule has 1 heterocycles. The van der Waals surface area contributed by atoms with Crippen molar-refractivity contribution < 1.29 is 9.26 Å². The highest BCUT2D eigenvalue weighted by atomic mass is 16.5. The van der Waals surface area contributed by atoms with E-state index in [1.54, 1.807) is 0 Å². The second kappa shape index (κ2) is 6.96. The van der Waals surface area contributed by atoms with Gasteiger partial charge >= 0.3 is 0 Å². The lowest BCUT2D eigenvalue weighted by Gasteiger charge is -2.00. The smallest absolute Gasteiger partial charge is 0.226 e. The molecule has 0 aliphatic carbocycles. The number of hydrogen-bond donors (Lipinski definition) is 0. The predicted octanol–water partition coefficient (Wildman–Crippen LogP) is 1.74. The van der Waals surface area contributed by atoms with Crippen molar-refractivity contribution in [1.29, 1.82) is 5.26 Å². The summed E-state index contributed by atoms with van der Waals surface area (Å²) in [6, 6.07) is 2.13. The van der Waals surface area contributed by atoms with Gasteiger partial charge < -0.3 is 9.26 Å². The van der Waals surface area contributed by atoms with Crippen LogP contribution in [0.2, 0.25) is 0 Å². The van der Waals surface area contributed by atoms with Crippen LogP contribution in [0.25, 0.3) is 0 Å². The van der Waals surface area contributed by atoms with E-state index in [0.29, 0.717) is 44.2 Å². The maximum absolute atomic E-state index is 8.53. The van der Waals surface area contributed by atoms with Gasteiger partial charge in [0.25, 0.3) is 0 Å². The molecule has 0 radical (unpaired) electrons. The van der Waals surface area contributed by atoms with Crippen molar-refractivity contribution in [2.24, 2.45) is 5.92 Å². The SMILES string of the molecule is CCOCCc1noc(CC(C)CC#N)n1. The zero-order valence-corrected chi connectivity index (χ0v) is 9.77. The molecule has 88 valence electrons. The fourth-order valence-corrected chi connectivity index (χ4v) is 1.31. The monoisotopic (exact) mass is 223 g/mol. The lowest BCUT2D eigenvalue weighted by atomic mass is 10.1. The molecule has 5 nitrogen and oxygen atoms in total. The first-order chi connectivity index (χ1) is 7.76. The Labute approximate surface area is 95.4 Å². The maximum atomic E-state index is 8.53. The number of nitriles is 1. The third-order valence-electron chi connectivity index (χ3n) is 2.15. The summed E-state index contributed by atoms with van der Waals surface area (Å²) in [5.41, 5.74) is 0. The molecule has 5 heteroatoms. The van der Waals surface area contributed by atoms with E-state index in [-0.39, 0.29) is 5.92 Å². The average molecular weight is 223 g/mol. The fraction of sp³-hybridized carbons (Fsp3) is 0.727.